The first kappa shape index (κ1) is 17.5. The molecule has 0 amide bonds. The molecule has 1 heterocycles. The van der Waals surface area contributed by atoms with Crippen molar-refractivity contribution in [3.05, 3.63) is 47.0 Å². The molecule has 0 aliphatic heterocycles. The van der Waals surface area contributed by atoms with Crippen molar-refractivity contribution in [2.24, 2.45) is 0 Å². The Morgan fingerprint density at radius 1 is 1.43 bits per heavy atom. The Hall–Kier alpha value is -1.90. The fourth-order valence-electron chi connectivity index (χ4n) is 1.91. The highest BCUT2D eigenvalue weighted by Gasteiger charge is 2.19. The molecule has 1 N–H and O–H groups in total. The average molecular weight is 358 g/mol. The van der Waals surface area contributed by atoms with E-state index in [4.69, 9.17) is 16.3 Å². The van der Waals surface area contributed by atoms with Gasteiger partial charge in [0.2, 0.25) is 10.0 Å². The van der Waals surface area contributed by atoms with Gasteiger partial charge in [0, 0.05) is 12.4 Å². The number of aromatic nitrogens is 2. The Balaban J connectivity index is 2.08. The van der Waals surface area contributed by atoms with Gasteiger partial charge in [-0.2, -0.15) is 0 Å². The van der Waals surface area contributed by atoms with E-state index in [2.05, 4.69) is 9.71 Å². The van der Waals surface area contributed by atoms with Crippen LogP contribution in [0.3, 0.4) is 0 Å². The largest absolute Gasteiger partial charge is 0.460 e. The maximum atomic E-state index is 12.0. The van der Waals surface area contributed by atoms with Crippen LogP contribution in [0.4, 0.5) is 0 Å². The van der Waals surface area contributed by atoms with E-state index in [-0.39, 0.29) is 22.1 Å². The van der Waals surface area contributed by atoms with E-state index >= 15 is 0 Å². The van der Waals surface area contributed by atoms with Gasteiger partial charge < -0.3 is 9.30 Å². The van der Waals surface area contributed by atoms with Gasteiger partial charge in [0.25, 0.3) is 0 Å². The van der Waals surface area contributed by atoms with E-state index in [1.807, 2.05) is 11.5 Å². The third-order valence-electron chi connectivity index (χ3n) is 3.21. The van der Waals surface area contributed by atoms with E-state index in [1.54, 1.807) is 12.4 Å². The number of ether oxygens (including phenoxy) is 1. The van der Waals surface area contributed by atoms with Gasteiger partial charge in [-0.05, 0) is 32.2 Å². The van der Waals surface area contributed by atoms with Gasteiger partial charge in [-0.1, -0.05) is 11.6 Å². The monoisotopic (exact) mass is 357 g/mol. The summed E-state index contributed by atoms with van der Waals surface area (Å²) in [5.74, 6) is 0.196. The van der Waals surface area contributed by atoms with Crippen LogP contribution in [0, 0.1) is 6.92 Å². The first-order valence-corrected chi connectivity index (χ1v) is 8.59. The predicted molar refractivity (Wildman–Crippen MR) is 84.9 cm³/mol. The molecule has 0 aliphatic carbocycles. The van der Waals surface area contributed by atoms with E-state index in [9.17, 15) is 13.2 Å². The standard InChI is InChI=1S/C14H16ClN3O4S/c1-10-17-5-6-18(10)7-8-22-14(19)11-3-4-12(15)13(9-11)23(20,21)16-2/h3-6,9,16H,7-8H2,1-2H3. The number of halogens is 1. The van der Waals surface area contributed by atoms with Crippen molar-refractivity contribution < 1.29 is 17.9 Å². The van der Waals surface area contributed by atoms with Crippen molar-refractivity contribution in [3.8, 4) is 0 Å². The normalized spacial score (nSPS) is 11.4. The summed E-state index contributed by atoms with van der Waals surface area (Å²) >= 11 is 5.87. The molecule has 9 heteroatoms. The Bertz CT molecular complexity index is 817. The highest BCUT2D eigenvalue weighted by Crippen LogP contribution is 2.22. The molecule has 0 aliphatic rings. The van der Waals surface area contributed by atoms with Crippen molar-refractivity contribution in [2.75, 3.05) is 13.7 Å². The van der Waals surface area contributed by atoms with Crippen molar-refractivity contribution in [1.29, 1.82) is 0 Å². The first-order valence-electron chi connectivity index (χ1n) is 6.73. The second kappa shape index (κ2) is 7.12. The number of benzene rings is 1. The van der Waals surface area contributed by atoms with Crippen molar-refractivity contribution in [2.45, 2.75) is 18.4 Å². The highest BCUT2D eigenvalue weighted by atomic mass is 35.5. The van der Waals surface area contributed by atoms with Crippen LogP contribution in [-0.2, 0) is 21.3 Å². The maximum Gasteiger partial charge on any atom is 0.338 e. The molecular formula is C14H16ClN3O4S. The predicted octanol–water partition coefficient (Wildman–Crippen LogP) is 1.61. The molecule has 0 bridgehead atoms. The van der Waals surface area contributed by atoms with Crippen molar-refractivity contribution in [1.82, 2.24) is 14.3 Å². The third-order valence-corrected chi connectivity index (χ3v) is 5.11. The molecule has 0 saturated carbocycles. The number of rotatable bonds is 6. The topological polar surface area (TPSA) is 90.3 Å². The molecule has 124 valence electrons. The molecular weight excluding hydrogens is 342 g/mol. The van der Waals surface area contributed by atoms with Crippen LogP contribution in [0.1, 0.15) is 16.2 Å². The van der Waals surface area contributed by atoms with Crippen LogP contribution in [-0.4, -0.2) is 37.6 Å². The number of nitrogens with one attached hydrogen (secondary N) is 1. The summed E-state index contributed by atoms with van der Waals surface area (Å²) in [6.45, 7) is 2.45. The van der Waals surface area contributed by atoms with E-state index in [1.165, 1.54) is 25.2 Å². The summed E-state index contributed by atoms with van der Waals surface area (Å²) in [7, 11) is -2.48. The molecule has 1 aromatic heterocycles. The lowest BCUT2D eigenvalue weighted by atomic mass is 10.2. The highest BCUT2D eigenvalue weighted by molar-refractivity contribution is 7.89. The van der Waals surface area contributed by atoms with Gasteiger partial charge in [-0.3, -0.25) is 0 Å². The lowest BCUT2D eigenvalue weighted by Gasteiger charge is -2.09. The third kappa shape index (κ3) is 4.10. The number of esters is 1. The number of hydrogen-bond donors (Lipinski definition) is 1. The van der Waals surface area contributed by atoms with Crippen molar-refractivity contribution in [3.63, 3.8) is 0 Å². The summed E-state index contributed by atoms with van der Waals surface area (Å²) < 4.78 is 32.8. The lowest BCUT2D eigenvalue weighted by molar-refractivity contribution is 0.0490. The van der Waals surface area contributed by atoms with Crippen molar-refractivity contribution >= 4 is 27.6 Å². The smallest absolute Gasteiger partial charge is 0.338 e. The fraction of sp³-hybridized carbons (Fsp3) is 0.286. The molecule has 2 aromatic rings. The summed E-state index contributed by atoms with van der Waals surface area (Å²) in [6.07, 6.45) is 3.44. The number of carbonyl (C=O) groups is 1. The summed E-state index contributed by atoms with van der Waals surface area (Å²) in [6, 6.07) is 3.96. The number of sulfonamides is 1. The average Bonchev–Trinajstić information content (AvgIpc) is 2.92. The number of hydrogen-bond acceptors (Lipinski definition) is 5. The molecule has 2 rings (SSSR count). The second-order valence-electron chi connectivity index (χ2n) is 4.66. The molecule has 1 aromatic carbocycles. The number of carbonyl (C=O) groups excluding carboxylic acids is 1. The Morgan fingerprint density at radius 3 is 2.78 bits per heavy atom. The first-order chi connectivity index (χ1) is 10.8. The number of aryl methyl sites for hydroxylation is 1. The van der Waals surface area contributed by atoms with Gasteiger partial charge >= 0.3 is 5.97 Å². The van der Waals surface area contributed by atoms with E-state index in [0.29, 0.717) is 6.54 Å². The lowest BCUT2D eigenvalue weighted by Crippen LogP contribution is -2.20. The van der Waals surface area contributed by atoms with Gasteiger partial charge in [0.15, 0.2) is 0 Å². The van der Waals surface area contributed by atoms with Crippen LogP contribution in [0.15, 0.2) is 35.5 Å². The van der Waals surface area contributed by atoms with Crippen LogP contribution in [0.25, 0.3) is 0 Å². The van der Waals surface area contributed by atoms with Crippen LogP contribution in [0.5, 0.6) is 0 Å². The Kier molecular flexibility index (Phi) is 5.40. The van der Waals surface area contributed by atoms with Gasteiger partial charge in [0.05, 0.1) is 17.1 Å². The minimum absolute atomic E-state index is 0.0324. The molecule has 0 atom stereocenters. The zero-order valence-corrected chi connectivity index (χ0v) is 14.2. The molecule has 0 fully saturated rings. The zero-order chi connectivity index (χ0) is 17.0. The summed E-state index contributed by atoms with van der Waals surface area (Å²) in [5, 5.41) is 0.0324. The minimum atomic E-state index is -3.75. The van der Waals surface area contributed by atoms with E-state index < -0.39 is 16.0 Å². The fourth-order valence-corrected chi connectivity index (χ4v) is 3.16. The quantitative estimate of drug-likeness (QED) is 0.793. The van der Waals surface area contributed by atoms with Crippen LogP contribution < -0.4 is 4.72 Å². The molecule has 23 heavy (non-hydrogen) atoms. The Labute approximate surface area is 139 Å². The van der Waals surface area contributed by atoms with E-state index in [0.717, 1.165) is 5.82 Å². The molecule has 7 nitrogen and oxygen atoms in total. The maximum absolute atomic E-state index is 12.0. The van der Waals surface area contributed by atoms with Gasteiger partial charge in [0.1, 0.15) is 17.3 Å². The van der Waals surface area contributed by atoms with Crippen LogP contribution >= 0.6 is 11.6 Å². The summed E-state index contributed by atoms with van der Waals surface area (Å²) in [4.78, 5) is 15.9. The Morgan fingerprint density at radius 2 is 2.17 bits per heavy atom. The van der Waals surface area contributed by atoms with Crippen LogP contribution in [0.2, 0.25) is 5.02 Å². The number of imidazole rings is 1. The van der Waals surface area contributed by atoms with Gasteiger partial charge in [-0.15, -0.1) is 0 Å². The van der Waals surface area contributed by atoms with Gasteiger partial charge in [-0.25, -0.2) is 22.9 Å². The second-order valence-corrected chi connectivity index (χ2v) is 6.92. The molecule has 0 saturated heterocycles. The summed E-state index contributed by atoms with van der Waals surface area (Å²) in [5.41, 5.74) is 0.116. The SMILES string of the molecule is CNS(=O)(=O)c1cc(C(=O)OCCn2ccnc2C)ccc1Cl. The zero-order valence-electron chi connectivity index (χ0n) is 12.6. The molecule has 0 spiro atoms. The molecule has 0 unspecified atom stereocenters. The number of nitrogens with zero attached hydrogens (tertiary/aromatic N) is 2. The molecule has 0 radical (unpaired) electrons. The minimum Gasteiger partial charge on any atom is -0.460 e.